The first kappa shape index (κ1) is 21.3. The van der Waals surface area contributed by atoms with Crippen LogP contribution in [0, 0.1) is 0 Å². The molecule has 5 rings (SSSR count). The summed E-state index contributed by atoms with van der Waals surface area (Å²) in [7, 11) is 1.91. The molecule has 7 heteroatoms. The standard InChI is InChI=1S/C26H24N4O2S/c1-18(23-27-21-15-9-10-16-22(21)33-23)29(2)17-30-24(31)26(28-25(30)32,19-11-5-3-6-12-19)20-13-7-4-8-14-20/h3-16,18H,17H2,1-2H3,(H,28,32). The Kier molecular flexibility index (Phi) is 5.44. The number of thiazole rings is 1. The van der Waals surface area contributed by atoms with E-state index in [0.29, 0.717) is 0 Å². The largest absolute Gasteiger partial charge is 0.326 e. The van der Waals surface area contributed by atoms with Crippen molar-refractivity contribution >= 4 is 33.5 Å². The molecule has 166 valence electrons. The molecule has 1 N–H and O–H groups in total. The molecule has 1 unspecified atom stereocenters. The molecule has 1 fully saturated rings. The Morgan fingerprint density at radius 2 is 1.52 bits per heavy atom. The summed E-state index contributed by atoms with van der Waals surface area (Å²) in [5.74, 6) is -0.284. The third-order valence-electron chi connectivity index (χ3n) is 6.21. The number of rotatable bonds is 6. The van der Waals surface area contributed by atoms with Gasteiger partial charge in [0, 0.05) is 0 Å². The smallest absolute Gasteiger partial charge is 0.315 e. The predicted octanol–water partition coefficient (Wildman–Crippen LogP) is 4.74. The zero-order chi connectivity index (χ0) is 23.0. The summed E-state index contributed by atoms with van der Waals surface area (Å²) in [5.41, 5.74) is 1.18. The van der Waals surface area contributed by atoms with E-state index in [9.17, 15) is 9.59 Å². The van der Waals surface area contributed by atoms with E-state index in [1.165, 1.54) is 4.90 Å². The van der Waals surface area contributed by atoms with E-state index < -0.39 is 11.6 Å². The maximum atomic E-state index is 13.9. The van der Waals surface area contributed by atoms with Crippen molar-refractivity contribution in [2.24, 2.45) is 0 Å². The fraction of sp³-hybridized carbons (Fsp3) is 0.192. The second kappa shape index (κ2) is 8.42. The molecular weight excluding hydrogens is 432 g/mol. The lowest BCUT2D eigenvalue weighted by molar-refractivity contribution is -0.131. The van der Waals surface area contributed by atoms with Crippen LogP contribution >= 0.6 is 11.3 Å². The molecule has 3 aromatic carbocycles. The Balaban J connectivity index is 1.45. The van der Waals surface area contributed by atoms with Gasteiger partial charge in [0.1, 0.15) is 5.01 Å². The van der Waals surface area contributed by atoms with Crippen LogP contribution in [-0.2, 0) is 10.3 Å². The minimum Gasteiger partial charge on any atom is -0.315 e. The number of nitrogens with zero attached hydrogens (tertiary/aromatic N) is 3. The number of carbonyl (C=O) groups excluding carboxylic acids is 2. The van der Waals surface area contributed by atoms with E-state index >= 15 is 0 Å². The molecule has 1 saturated heterocycles. The van der Waals surface area contributed by atoms with E-state index in [2.05, 4.69) is 11.4 Å². The molecular formula is C26H24N4O2S. The average molecular weight is 457 g/mol. The van der Waals surface area contributed by atoms with Gasteiger partial charge in [-0.05, 0) is 37.2 Å². The van der Waals surface area contributed by atoms with Gasteiger partial charge in [-0.3, -0.25) is 9.69 Å². The summed E-state index contributed by atoms with van der Waals surface area (Å²) >= 11 is 1.63. The van der Waals surface area contributed by atoms with Crippen molar-refractivity contribution in [2.45, 2.75) is 18.5 Å². The molecule has 33 heavy (non-hydrogen) atoms. The lowest BCUT2D eigenvalue weighted by atomic mass is 9.83. The van der Waals surface area contributed by atoms with E-state index in [0.717, 1.165) is 26.4 Å². The third-order valence-corrected chi connectivity index (χ3v) is 7.42. The molecule has 0 spiro atoms. The first-order chi connectivity index (χ1) is 16.0. The number of hydrogen-bond donors (Lipinski definition) is 1. The summed E-state index contributed by atoms with van der Waals surface area (Å²) < 4.78 is 1.12. The number of carbonyl (C=O) groups is 2. The molecule has 0 aliphatic carbocycles. The number of imide groups is 1. The van der Waals surface area contributed by atoms with Gasteiger partial charge in [-0.15, -0.1) is 11.3 Å². The van der Waals surface area contributed by atoms with Crippen molar-refractivity contribution in [2.75, 3.05) is 13.7 Å². The molecule has 1 atom stereocenters. The second-order valence-corrected chi connectivity index (χ2v) is 9.30. The highest BCUT2D eigenvalue weighted by Gasteiger charge is 2.53. The topological polar surface area (TPSA) is 65.5 Å². The number of benzene rings is 3. The highest BCUT2D eigenvalue weighted by molar-refractivity contribution is 7.18. The number of amides is 3. The second-order valence-electron chi connectivity index (χ2n) is 8.24. The van der Waals surface area contributed by atoms with Crippen molar-refractivity contribution in [1.29, 1.82) is 0 Å². The van der Waals surface area contributed by atoms with E-state index in [1.54, 1.807) is 11.3 Å². The molecule has 4 aromatic rings. The van der Waals surface area contributed by atoms with Gasteiger partial charge in [0.05, 0.1) is 22.9 Å². The van der Waals surface area contributed by atoms with Gasteiger partial charge in [-0.1, -0.05) is 72.8 Å². The van der Waals surface area contributed by atoms with Gasteiger partial charge in [-0.25, -0.2) is 14.7 Å². The maximum absolute atomic E-state index is 13.9. The summed E-state index contributed by atoms with van der Waals surface area (Å²) in [6.07, 6.45) is 0. The Morgan fingerprint density at radius 1 is 0.939 bits per heavy atom. The summed E-state index contributed by atoms with van der Waals surface area (Å²) in [6, 6.07) is 26.4. The van der Waals surface area contributed by atoms with Crippen molar-refractivity contribution < 1.29 is 9.59 Å². The highest BCUT2D eigenvalue weighted by Crippen LogP contribution is 2.36. The minimum absolute atomic E-state index is 0.0635. The normalized spacial score (nSPS) is 16.4. The number of fused-ring (bicyclic) bond motifs is 1. The highest BCUT2D eigenvalue weighted by atomic mass is 32.1. The molecule has 1 aliphatic heterocycles. The van der Waals surface area contributed by atoms with Crippen LogP contribution in [-0.4, -0.2) is 40.4 Å². The first-order valence-corrected chi connectivity index (χ1v) is 11.6. The monoisotopic (exact) mass is 456 g/mol. The Labute approximate surface area is 196 Å². The lowest BCUT2D eigenvalue weighted by Crippen LogP contribution is -2.46. The van der Waals surface area contributed by atoms with Crippen molar-refractivity contribution in [3.8, 4) is 0 Å². The van der Waals surface area contributed by atoms with Crippen LogP contribution in [0.3, 0.4) is 0 Å². The summed E-state index contributed by atoms with van der Waals surface area (Å²) in [6.45, 7) is 2.20. The third kappa shape index (κ3) is 3.59. The molecule has 6 nitrogen and oxygen atoms in total. The average Bonchev–Trinajstić information content (AvgIpc) is 3.40. The van der Waals surface area contributed by atoms with Gasteiger partial charge >= 0.3 is 6.03 Å². The molecule has 0 saturated carbocycles. The van der Waals surface area contributed by atoms with Crippen molar-refractivity contribution in [3.63, 3.8) is 0 Å². The number of aromatic nitrogens is 1. The first-order valence-electron chi connectivity index (χ1n) is 10.8. The summed E-state index contributed by atoms with van der Waals surface area (Å²) in [5, 5.41) is 3.95. The van der Waals surface area contributed by atoms with Gasteiger partial charge in [0.2, 0.25) is 0 Å². The minimum atomic E-state index is -1.25. The van der Waals surface area contributed by atoms with Crippen LogP contribution in [0.25, 0.3) is 10.2 Å². The number of nitrogens with one attached hydrogen (secondary N) is 1. The zero-order valence-electron chi connectivity index (χ0n) is 18.4. The van der Waals surface area contributed by atoms with Crippen LogP contribution in [0.2, 0.25) is 0 Å². The van der Waals surface area contributed by atoms with E-state index in [1.807, 2.05) is 97.7 Å². The number of hydrogen-bond acceptors (Lipinski definition) is 5. The molecule has 0 bridgehead atoms. The number of para-hydroxylation sites is 1. The predicted molar refractivity (Wildman–Crippen MR) is 130 cm³/mol. The van der Waals surface area contributed by atoms with Crippen LogP contribution in [0.1, 0.15) is 29.1 Å². The Morgan fingerprint density at radius 3 is 2.12 bits per heavy atom. The Hall–Kier alpha value is -3.55. The SMILES string of the molecule is CC(c1nc2ccccc2s1)N(C)CN1C(=O)NC(c2ccccc2)(c2ccccc2)C1=O. The van der Waals surface area contributed by atoms with E-state index in [4.69, 9.17) is 4.98 Å². The van der Waals surface area contributed by atoms with Crippen LogP contribution in [0.4, 0.5) is 4.79 Å². The molecule has 1 aliphatic rings. The van der Waals surface area contributed by atoms with Gasteiger partial charge in [0.15, 0.2) is 5.54 Å². The molecule has 1 aromatic heterocycles. The maximum Gasteiger partial charge on any atom is 0.326 e. The van der Waals surface area contributed by atoms with Crippen LogP contribution in [0.15, 0.2) is 84.9 Å². The van der Waals surface area contributed by atoms with Gasteiger partial charge < -0.3 is 5.32 Å². The quantitative estimate of drug-likeness (QED) is 0.426. The Bertz CT molecular complexity index is 1230. The molecule has 2 heterocycles. The lowest BCUT2D eigenvalue weighted by Gasteiger charge is -2.30. The van der Waals surface area contributed by atoms with Crippen molar-refractivity contribution in [3.05, 3.63) is 101 Å². The fourth-order valence-electron chi connectivity index (χ4n) is 4.24. The molecule has 0 radical (unpaired) electrons. The van der Waals surface area contributed by atoms with Gasteiger partial charge in [0.25, 0.3) is 5.91 Å². The zero-order valence-corrected chi connectivity index (χ0v) is 19.3. The molecule has 3 amide bonds. The van der Waals surface area contributed by atoms with Crippen LogP contribution < -0.4 is 5.32 Å². The summed E-state index contributed by atoms with van der Waals surface area (Å²) in [4.78, 5) is 35.0. The van der Waals surface area contributed by atoms with Gasteiger partial charge in [-0.2, -0.15) is 0 Å². The van der Waals surface area contributed by atoms with Crippen molar-refractivity contribution in [1.82, 2.24) is 20.1 Å². The van der Waals surface area contributed by atoms with E-state index in [-0.39, 0.29) is 18.6 Å². The van der Waals surface area contributed by atoms with Crippen LogP contribution in [0.5, 0.6) is 0 Å². The number of urea groups is 1. The fourth-order valence-corrected chi connectivity index (χ4v) is 5.33.